The number of carbonyl (C=O) groups excluding carboxylic acids is 2. The lowest BCUT2D eigenvalue weighted by Gasteiger charge is -2.23. The van der Waals surface area contributed by atoms with Gasteiger partial charge in [0.1, 0.15) is 0 Å². The summed E-state index contributed by atoms with van der Waals surface area (Å²) in [6.07, 6.45) is 2.97. The van der Waals surface area contributed by atoms with Crippen molar-refractivity contribution in [1.29, 1.82) is 0 Å². The second-order valence-electron chi connectivity index (χ2n) is 6.33. The lowest BCUT2D eigenvalue weighted by Crippen LogP contribution is -2.32. The van der Waals surface area contributed by atoms with Gasteiger partial charge in [0.05, 0.1) is 0 Å². The summed E-state index contributed by atoms with van der Waals surface area (Å²) in [7, 11) is 0. The Morgan fingerprint density at radius 1 is 1.20 bits per heavy atom. The quantitative estimate of drug-likeness (QED) is 0.789. The molecule has 0 spiro atoms. The molecule has 0 saturated carbocycles. The van der Waals surface area contributed by atoms with E-state index in [2.05, 4.69) is 13.8 Å². The smallest absolute Gasteiger partial charge is 0.222 e. The number of Topliss-reactive ketones (excluding diaryl/α,β-unsaturated/α-hetero) is 1. The van der Waals surface area contributed by atoms with Crippen LogP contribution in [0.25, 0.3) is 0 Å². The van der Waals surface area contributed by atoms with Crippen LogP contribution in [0.4, 0.5) is 0 Å². The minimum absolute atomic E-state index is 0.113. The Hall–Kier alpha value is -1.64. The van der Waals surface area contributed by atoms with Crippen LogP contribution in [0.2, 0.25) is 0 Å². The lowest BCUT2D eigenvalue weighted by molar-refractivity contribution is -0.130. The Morgan fingerprint density at radius 3 is 2.60 bits per heavy atom. The molecular weight excluding hydrogens is 250 g/mol. The summed E-state index contributed by atoms with van der Waals surface area (Å²) in [5, 5.41) is 0. The molecule has 0 bridgehead atoms. The first kappa shape index (κ1) is 14.8. The first-order valence-corrected chi connectivity index (χ1v) is 7.34. The molecule has 1 saturated heterocycles. The van der Waals surface area contributed by atoms with Crippen molar-refractivity contribution < 1.29 is 9.59 Å². The van der Waals surface area contributed by atoms with Crippen molar-refractivity contribution in [3.8, 4) is 0 Å². The van der Waals surface area contributed by atoms with E-state index in [1.165, 1.54) is 0 Å². The highest BCUT2D eigenvalue weighted by molar-refractivity contribution is 5.96. The molecule has 1 aromatic carbocycles. The van der Waals surface area contributed by atoms with Crippen LogP contribution >= 0.6 is 0 Å². The van der Waals surface area contributed by atoms with E-state index in [0.29, 0.717) is 19.4 Å². The summed E-state index contributed by atoms with van der Waals surface area (Å²) in [6.45, 7) is 5.73. The van der Waals surface area contributed by atoms with Crippen LogP contribution in [-0.2, 0) is 4.79 Å². The van der Waals surface area contributed by atoms with E-state index < -0.39 is 0 Å². The van der Waals surface area contributed by atoms with Crippen molar-refractivity contribution in [2.45, 2.75) is 39.5 Å². The third kappa shape index (κ3) is 3.92. The van der Waals surface area contributed by atoms with Gasteiger partial charge in [-0.1, -0.05) is 44.2 Å². The van der Waals surface area contributed by atoms with Gasteiger partial charge in [0.2, 0.25) is 5.91 Å². The Bertz CT molecular complexity index is 479. The molecule has 1 aliphatic rings. The monoisotopic (exact) mass is 273 g/mol. The van der Waals surface area contributed by atoms with Gasteiger partial charge in [-0.2, -0.15) is 0 Å². The summed E-state index contributed by atoms with van der Waals surface area (Å²) in [5.74, 6) is 0.304. The molecule has 0 aliphatic carbocycles. The average molecular weight is 273 g/mol. The zero-order chi connectivity index (χ0) is 14.6. The number of hydrogen-bond acceptors (Lipinski definition) is 2. The normalized spacial score (nSPS) is 18.7. The van der Waals surface area contributed by atoms with Crippen molar-refractivity contribution >= 4 is 11.7 Å². The molecule has 1 fully saturated rings. The van der Waals surface area contributed by atoms with Gasteiger partial charge in [-0.05, 0) is 18.3 Å². The Kier molecular flexibility index (Phi) is 4.58. The summed E-state index contributed by atoms with van der Waals surface area (Å²) >= 11 is 0. The SMILES string of the molecule is CC1(C)CCC(=O)N(CCC(=O)c2ccccc2)CC1. The third-order valence-electron chi connectivity index (χ3n) is 4.13. The molecule has 1 aliphatic heterocycles. The Morgan fingerprint density at radius 2 is 1.90 bits per heavy atom. The standard InChI is InChI=1S/C17H23NO2/c1-17(2)10-8-16(20)18(13-11-17)12-9-15(19)14-6-4-3-5-7-14/h3-7H,8-13H2,1-2H3. The van der Waals surface area contributed by atoms with E-state index in [-0.39, 0.29) is 17.1 Å². The summed E-state index contributed by atoms with van der Waals surface area (Å²) in [5.41, 5.74) is 0.962. The predicted octanol–water partition coefficient (Wildman–Crippen LogP) is 3.30. The van der Waals surface area contributed by atoms with Crippen LogP contribution in [0.3, 0.4) is 0 Å². The molecule has 2 rings (SSSR count). The number of nitrogens with zero attached hydrogens (tertiary/aromatic N) is 1. The molecule has 1 heterocycles. The van der Waals surface area contributed by atoms with E-state index in [4.69, 9.17) is 0 Å². The second kappa shape index (κ2) is 6.21. The topological polar surface area (TPSA) is 37.4 Å². The van der Waals surface area contributed by atoms with Crippen LogP contribution in [0, 0.1) is 5.41 Å². The number of rotatable bonds is 4. The summed E-state index contributed by atoms with van der Waals surface area (Å²) in [4.78, 5) is 26.0. The molecule has 3 nitrogen and oxygen atoms in total. The van der Waals surface area contributed by atoms with Crippen molar-refractivity contribution in [2.24, 2.45) is 5.41 Å². The van der Waals surface area contributed by atoms with Crippen LogP contribution in [0.15, 0.2) is 30.3 Å². The highest BCUT2D eigenvalue weighted by Crippen LogP contribution is 2.30. The lowest BCUT2D eigenvalue weighted by atomic mass is 9.85. The van der Waals surface area contributed by atoms with Gasteiger partial charge in [0.15, 0.2) is 5.78 Å². The van der Waals surface area contributed by atoms with E-state index in [9.17, 15) is 9.59 Å². The van der Waals surface area contributed by atoms with Crippen molar-refractivity contribution in [3.63, 3.8) is 0 Å². The number of likely N-dealkylation sites (tertiary alicyclic amines) is 1. The van der Waals surface area contributed by atoms with Gasteiger partial charge >= 0.3 is 0 Å². The summed E-state index contributed by atoms with van der Waals surface area (Å²) < 4.78 is 0. The molecule has 108 valence electrons. The van der Waals surface area contributed by atoms with Gasteiger partial charge in [-0.3, -0.25) is 9.59 Å². The molecule has 0 aromatic heterocycles. The first-order valence-electron chi connectivity index (χ1n) is 7.34. The molecule has 0 atom stereocenters. The average Bonchev–Trinajstić information content (AvgIpc) is 2.57. The minimum Gasteiger partial charge on any atom is -0.342 e. The third-order valence-corrected chi connectivity index (χ3v) is 4.13. The van der Waals surface area contributed by atoms with Gasteiger partial charge in [0, 0.05) is 31.5 Å². The Balaban J connectivity index is 1.90. The molecule has 0 N–H and O–H groups in total. The van der Waals surface area contributed by atoms with Crippen LogP contribution in [-0.4, -0.2) is 29.7 Å². The molecule has 1 amide bonds. The maximum atomic E-state index is 12.1. The van der Waals surface area contributed by atoms with Crippen molar-refractivity contribution in [3.05, 3.63) is 35.9 Å². The van der Waals surface area contributed by atoms with Gasteiger partial charge in [-0.15, -0.1) is 0 Å². The maximum absolute atomic E-state index is 12.1. The van der Waals surface area contributed by atoms with E-state index in [1.54, 1.807) is 0 Å². The molecule has 0 radical (unpaired) electrons. The fourth-order valence-corrected chi connectivity index (χ4v) is 2.53. The van der Waals surface area contributed by atoms with Crippen molar-refractivity contribution in [2.75, 3.05) is 13.1 Å². The van der Waals surface area contributed by atoms with Crippen LogP contribution in [0.1, 0.15) is 49.9 Å². The largest absolute Gasteiger partial charge is 0.342 e. The highest BCUT2D eigenvalue weighted by Gasteiger charge is 2.27. The molecule has 20 heavy (non-hydrogen) atoms. The van der Waals surface area contributed by atoms with Crippen LogP contribution < -0.4 is 0 Å². The van der Waals surface area contributed by atoms with Gasteiger partial charge in [0.25, 0.3) is 0 Å². The van der Waals surface area contributed by atoms with Gasteiger partial charge in [-0.25, -0.2) is 0 Å². The fraction of sp³-hybridized carbons (Fsp3) is 0.529. The first-order chi connectivity index (χ1) is 9.48. The molecule has 1 aromatic rings. The minimum atomic E-state index is 0.113. The number of hydrogen-bond donors (Lipinski definition) is 0. The zero-order valence-corrected chi connectivity index (χ0v) is 12.4. The van der Waals surface area contributed by atoms with E-state index >= 15 is 0 Å². The number of benzene rings is 1. The van der Waals surface area contributed by atoms with E-state index in [0.717, 1.165) is 24.9 Å². The highest BCUT2D eigenvalue weighted by atomic mass is 16.2. The number of ketones is 1. The fourth-order valence-electron chi connectivity index (χ4n) is 2.53. The zero-order valence-electron chi connectivity index (χ0n) is 12.4. The number of amides is 1. The maximum Gasteiger partial charge on any atom is 0.222 e. The van der Waals surface area contributed by atoms with Crippen molar-refractivity contribution in [1.82, 2.24) is 4.90 Å². The molecule has 3 heteroatoms. The molecule has 0 unspecified atom stereocenters. The Labute approximate surface area is 121 Å². The van der Waals surface area contributed by atoms with Gasteiger partial charge < -0.3 is 4.90 Å². The predicted molar refractivity (Wildman–Crippen MR) is 79.6 cm³/mol. The molecular formula is C17H23NO2. The van der Waals surface area contributed by atoms with Crippen LogP contribution in [0.5, 0.6) is 0 Å². The van der Waals surface area contributed by atoms with E-state index in [1.807, 2.05) is 35.2 Å². The summed E-state index contributed by atoms with van der Waals surface area (Å²) in [6, 6.07) is 9.29. The second-order valence-corrected chi connectivity index (χ2v) is 6.33. The number of carbonyl (C=O) groups is 2.